The summed E-state index contributed by atoms with van der Waals surface area (Å²) in [6.45, 7) is 5.87. The number of methoxy groups -OCH3 is 1. The first-order valence-electron chi connectivity index (χ1n) is 9.40. The summed E-state index contributed by atoms with van der Waals surface area (Å²) in [5, 5.41) is -0.493. The molecule has 0 unspecified atom stereocenters. The Hall–Kier alpha value is -2.34. The molecule has 0 aliphatic carbocycles. The van der Waals surface area contributed by atoms with Crippen molar-refractivity contribution in [2.45, 2.75) is 37.2 Å². The lowest BCUT2D eigenvalue weighted by atomic mass is 10.0. The fourth-order valence-electron chi connectivity index (χ4n) is 3.46. The van der Waals surface area contributed by atoms with E-state index < -0.39 is 19.8 Å². The smallest absolute Gasteiger partial charge is 0.253 e. The molecule has 1 amide bonds. The van der Waals surface area contributed by atoms with E-state index in [1.807, 2.05) is 36.4 Å². The first-order valence-corrected chi connectivity index (χ1v) is 11.0. The van der Waals surface area contributed by atoms with Gasteiger partial charge >= 0.3 is 0 Å². The molecule has 6 heteroatoms. The Morgan fingerprint density at radius 1 is 1.07 bits per heavy atom. The summed E-state index contributed by atoms with van der Waals surface area (Å²) in [5.74, 6) is 0.657. The van der Waals surface area contributed by atoms with Gasteiger partial charge in [-0.3, -0.25) is 4.79 Å². The maximum absolute atomic E-state index is 12.8. The normalized spacial score (nSPS) is 17.6. The number of benzene rings is 2. The Kier molecular flexibility index (Phi) is 5.53. The maximum Gasteiger partial charge on any atom is 0.253 e. The highest BCUT2D eigenvalue weighted by Gasteiger charge is 2.41. The van der Waals surface area contributed by atoms with Crippen LogP contribution in [0.4, 0.5) is 0 Å². The maximum atomic E-state index is 12.8. The molecule has 1 fully saturated rings. The molecular weight excluding hydrogens is 374 g/mol. The van der Waals surface area contributed by atoms with Gasteiger partial charge in [-0.25, -0.2) is 8.42 Å². The zero-order chi connectivity index (χ0) is 20.5. The van der Waals surface area contributed by atoms with Gasteiger partial charge in [0.25, 0.3) is 5.91 Å². The molecule has 150 valence electrons. The van der Waals surface area contributed by atoms with Gasteiger partial charge in [0.15, 0.2) is 9.84 Å². The minimum atomic E-state index is -3.28. The van der Waals surface area contributed by atoms with E-state index in [1.165, 1.54) is 0 Å². The van der Waals surface area contributed by atoms with E-state index in [1.54, 1.807) is 44.9 Å². The monoisotopic (exact) mass is 401 g/mol. The van der Waals surface area contributed by atoms with Crippen molar-refractivity contribution in [3.05, 3.63) is 54.1 Å². The topological polar surface area (TPSA) is 63.7 Å². The summed E-state index contributed by atoms with van der Waals surface area (Å²) in [4.78, 5) is 14.5. The Bertz CT molecular complexity index is 959. The predicted octanol–water partition coefficient (Wildman–Crippen LogP) is 3.79. The Labute approximate surface area is 167 Å². The molecule has 1 heterocycles. The summed E-state index contributed by atoms with van der Waals surface area (Å²) in [7, 11) is -1.65. The first-order chi connectivity index (χ1) is 13.1. The lowest BCUT2D eigenvalue weighted by molar-refractivity contribution is 0.0793. The van der Waals surface area contributed by atoms with Crippen LogP contribution in [-0.4, -0.2) is 49.4 Å². The van der Waals surface area contributed by atoms with E-state index in [9.17, 15) is 13.2 Å². The van der Waals surface area contributed by atoms with Crippen LogP contribution in [0.1, 0.15) is 37.6 Å². The van der Waals surface area contributed by atoms with E-state index in [0.29, 0.717) is 18.5 Å². The highest BCUT2D eigenvalue weighted by atomic mass is 32.2. The minimum Gasteiger partial charge on any atom is -0.497 e. The van der Waals surface area contributed by atoms with Gasteiger partial charge in [-0.15, -0.1) is 0 Å². The van der Waals surface area contributed by atoms with Crippen LogP contribution in [0, 0.1) is 0 Å². The van der Waals surface area contributed by atoms with Crippen molar-refractivity contribution >= 4 is 15.7 Å². The minimum absolute atomic E-state index is 0.121. The number of nitrogens with zero attached hydrogens (tertiary/aromatic N) is 1. The van der Waals surface area contributed by atoms with Crippen molar-refractivity contribution in [3.8, 4) is 16.9 Å². The molecule has 1 aliphatic rings. The lowest BCUT2D eigenvalue weighted by Gasteiger charge is -2.24. The number of rotatable bonds is 4. The van der Waals surface area contributed by atoms with Crippen molar-refractivity contribution < 1.29 is 17.9 Å². The van der Waals surface area contributed by atoms with Crippen molar-refractivity contribution in [1.29, 1.82) is 0 Å². The SMILES string of the molecule is COc1cccc(-c2ccc(C(=O)N3CC[C@H](S(=O)(=O)C(C)(C)C)C3)cc2)c1. The fourth-order valence-corrected chi connectivity index (χ4v) is 5.25. The molecule has 0 aromatic heterocycles. The zero-order valence-corrected chi connectivity index (χ0v) is 17.6. The number of carbonyl (C=O) groups excluding carboxylic acids is 1. The van der Waals surface area contributed by atoms with Gasteiger partial charge in [-0.2, -0.15) is 0 Å². The fraction of sp³-hybridized carbons (Fsp3) is 0.409. The average Bonchev–Trinajstić information content (AvgIpc) is 3.17. The van der Waals surface area contributed by atoms with Crippen LogP contribution in [0.25, 0.3) is 11.1 Å². The van der Waals surface area contributed by atoms with E-state index in [0.717, 1.165) is 16.9 Å². The molecule has 1 atom stereocenters. The van der Waals surface area contributed by atoms with Crippen molar-refractivity contribution in [1.82, 2.24) is 4.90 Å². The summed E-state index contributed by atoms with van der Waals surface area (Å²) in [6, 6.07) is 15.1. The second-order valence-corrected chi connectivity index (χ2v) is 11.1. The number of hydrogen-bond acceptors (Lipinski definition) is 4. The Morgan fingerprint density at radius 2 is 1.75 bits per heavy atom. The largest absolute Gasteiger partial charge is 0.497 e. The summed E-state index contributed by atoms with van der Waals surface area (Å²) in [6.07, 6.45) is 0.493. The second-order valence-electron chi connectivity index (χ2n) is 8.13. The third-order valence-electron chi connectivity index (χ3n) is 5.26. The molecule has 0 spiro atoms. The number of carbonyl (C=O) groups is 1. The zero-order valence-electron chi connectivity index (χ0n) is 16.8. The molecule has 0 radical (unpaired) electrons. The molecule has 2 aromatic rings. The lowest BCUT2D eigenvalue weighted by Crippen LogP contribution is -2.39. The molecular formula is C22H27NO4S. The summed E-state index contributed by atoms with van der Waals surface area (Å²) in [5.41, 5.74) is 2.57. The van der Waals surface area contributed by atoms with Crippen molar-refractivity contribution in [2.75, 3.05) is 20.2 Å². The number of ether oxygens (including phenoxy) is 1. The van der Waals surface area contributed by atoms with Crippen LogP contribution in [0.15, 0.2) is 48.5 Å². The first kappa shape index (κ1) is 20.4. The molecule has 0 saturated carbocycles. The molecule has 3 rings (SSSR count). The molecule has 5 nitrogen and oxygen atoms in total. The Morgan fingerprint density at radius 3 is 2.36 bits per heavy atom. The van der Waals surface area contributed by atoms with Crippen LogP contribution in [0.2, 0.25) is 0 Å². The van der Waals surface area contributed by atoms with Crippen LogP contribution >= 0.6 is 0 Å². The Balaban J connectivity index is 1.74. The predicted molar refractivity (Wildman–Crippen MR) is 111 cm³/mol. The van der Waals surface area contributed by atoms with Crippen molar-refractivity contribution in [3.63, 3.8) is 0 Å². The van der Waals surface area contributed by atoms with Gasteiger partial charge in [0.2, 0.25) is 0 Å². The molecule has 0 N–H and O–H groups in total. The van der Waals surface area contributed by atoms with E-state index >= 15 is 0 Å². The highest BCUT2D eigenvalue weighted by molar-refractivity contribution is 7.93. The van der Waals surface area contributed by atoms with Gasteiger partial charge in [-0.1, -0.05) is 24.3 Å². The molecule has 0 bridgehead atoms. The summed E-state index contributed by atoms with van der Waals surface area (Å²) >= 11 is 0. The summed E-state index contributed by atoms with van der Waals surface area (Å²) < 4.78 is 29.8. The van der Waals surface area contributed by atoms with Gasteiger partial charge in [0.05, 0.1) is 17.1 Å². The number of amides is 1. The van der Waals surface area contributed by atoms with Gasteiger partial charge in [-0.05, 0) is 62.6 Å². The standard InChI is InChI=1S/C22H27NO4S/c1-22(2,3)28(25,26)20-12-13-23(15-20)21(24)17-10-8-16(9-11-17)18-6-5-7-19(14-18)27-4/h5-11,14,20H,12-13,15H2,1-4H3/t20-/m0/s1. The number of sulfone groups is 1. The third kappa shape index (κ3) is 3.92. The highest BCUT2D eigenvalue weighted by Crippen LogP contribution is 2.28. The van der Waals surface area contributed by atoms with Crippen LogP contribution in [0.3, 0.4) is 0 Å². The van der Waals surface area contributed by atoms with Gasteiger partial charge in [0, 0.05) is 18.7 Å². The molecule has 1 saturated heterocycles. The van der Waals surface area contributed by atoms with Crippen LogP contribution < -0.4 is 4.74 Å². The molecule has 28 heavy (non-hydrogen) atoms. The van der Waals surface area contributed by atoms with Gasteiger partial charge < -0.3 is 9.64 Å². The van der Waals surface area contributed by atoms with Crippen molar-refractivity contribution in [2.24, 2.45) is 0 Å². The second kappa shape index (κ2) is 7.59. The molecule has 2 aromatic carbocycles. The van der Waals surface area contributed by atoms with Gasteiger partial charge in [0.1, 0.15) is 5.75 Å². The number of hydrogen-bond donors (Lipinski definition) is 0. The number of likely N-dealkylation sites (tertiary alicyclic amines) is 1. The van der Waals surface area contributed by atoms with E-state index in [4.69, 9.17) is 4.74 Å². The van der Waals surface area contributed by atoms with Crippen LogP contribution in [0.5, 0.6) is 5.75 Å². The van der Waals surface area contributed by atoms with E-state index in [2.05, 4.69) is 0 Å². The average molecular weight is 402 g/mol. The third-order valence-corrected chi connectivity index (χ3v) is 8.23. The van der Waals surface area contributed by atoms with E-state index in [-0.39, 0.29) is 12.5 Å². The van der Waals surface area contributed by atoms with Crippen LogP contribution in [-0.2, 0) is 9.84 Å². The quantitative estimate of drug-likeness (QED) is 0.782. The molecule has 1 aliphatic heterocycles.